The molecule has 2 aromatic heterocycles. The summed E-state index contributed by atoms with van der Waals surface area (Å²) in [4.78, 5) is 35.1. The summed E-state index contributed by atoms with van der Waals surface area (Å²) in [5.74, 6) is 2.35. The number of hydrogen-bond acceptors (Lipinski definition) is 12. The summed E-state index contributed by atoms with van der Waals surface area (Å²) in [5, 5.41) is 9.94. The average molecular weight is 581 g/mol. The van der Waals surface area contributed by atoms with Crippen LogP contribution in [-0.4, -0.2) is 76.7 Å². The van der Waals surface area contributed by atoms with Crippen LogP contribution in [0.15, 0.2) is 66.2 Å². The Morgan fingerprint density at radius 2 is 1.98 bits per heavy atom. The number of nitrogens with one attached hydrogen (secondary N) is 3. The second kappa shape index (κ2) is 11.6. The lowest BCUT2D eigenvalue weighted by Gasteiger charge is -2.56. The minimum absolute atomic E-state index is 0.0476. The van der Waals surface area contributed by atoms with Crippen LogP contribution in [0.2, 0.25) is 0 Å². The zero-order valence-corrected chi connectivity index (χ0v) is 24.2. The fourth-order valence-corrected chi connectivity index (χ4v) is 5.60. The molecule has 13 nitrogen and oxygen atoms in total. The number of benzene rings is 2. The van der Waals surface area contributed by atoms with Gasteiger partial charge in [0.05, 0.1) is 30.6 Å². The van der Waals surface area contributed by atoms with Crippen LogP contribution in [-0.2, 0) is 9.53 Å². The van der Waals surface area contributed by atoms with Gasteiger partial charge in [-0.3, -0.25) is 4.79 Å². The van der Waals surface area contributed by atoms with E-state index in [1.54, 1.807) is 26.4 Å². The second-order valence-electron chi connectivity index (χ2n) is 10.6. The standard InChI is InChI=1S/C30H32N10O3/c1-17-9-19(5-8-26(17)43-22-6-7-23(32-3)24(11-22)38-31)36-28-27-25(34-16-35-28)12-33-30(37-27)39-13-20-10-21(14-39)40(20)29(41)18(2)15-42-4/h5-9,11-12,16,20-21,31-32H,2,10,13-15H2,1,3-4H3,(H,34,35,36). The zero-order valence-electron chi connectivity index (χ0n) is 24.2. The predicted molar refractivity (Wildman–Crippen MR) is 163 cm³/mol. The third-order valence-corrected chi connectivity index (χ3v) is 7.72. The SMILES string of the molecule is C=C(COC)C(=O)N1C2CC1CN(c1ncc3ncnc(Nc4ccc(Oc5ccc(NC)c(N=N)c5)c(C)c4)c3n1)C2. The van der Waals surface area contributed by atoms with E-state index in [9.17, 15) is 4.79 Å². The zero-order chi connectivity index (χ0) is 30.1. The molecule has 13 heteroatoms. The van der Waals surface area contributed by atoms with E-state index in [0.29, 0.717) is 58.6 Å². The Morgan fingerprint density at radius 3 is 2.70 bits per heavy atom. The van der Waals surface area contributed by atoms with Crippen molar-refractivity contribution in [3.05, 3.63) is 66.6 Å². The van der Waals surface area contributed by atoms with E-state index in [-0.39, 0.29) is 24.6 Å². The van der Waals surface area contributed by atoms with Gasteiger partial charge in [0.15, 0.2) is 5.82 Å². The predicted octanol–water partition coefficient (Wildman–Crippen LogP) is 4.96. The topological polar surface area (TPSA) is 154 Å². The maximum absolute atomic E-state index is 12.8. The summed E-state index contributed by atoms with van der Waals surface area (Å²) in [6.45, 7) is 7.34. The number of fused-ring (bicyclic) bond motifs is 3. The first-order chi connectivity index (χ1) is 20.9. The first-order valence-electron chi connectivity index (χ1n) is 13.9. The van der Waals surface area contributed by atoms with Crippen LogP contribution in [0.5, 0.6) is 11.5 Å². The molecule has 3 fully saturated rings. The highest BCUT2D eigenvalue weighted by atomic mass is 16.5. The van der Waals surface area contributed by atoms with Crippen LogP contribution in [0.1, 0.15) is 12.0 Å². The van der Waals surface area contributed by atoms with E-state index < -0.39 is 0 Å². The number of piperidine rings is 1. The molecule has 4 aromatic rings. The fourth-order valence-electron chi connectivity index (χ4n) is 5.60. The summed E-state index contributed by atoms with van der Waals surface area (Å²) < 4.78 is 11.2. The lowest BCUT2D eigenvalue weighted by Crippen LogP contribution is -2.70. The van der Waals surface area contributed by atoms with Gasteiger partial charge >= 0.3 is 0 Å². The molecule has 2 aromatic carbocycles. The monoisotopic (exact) mass is 580 g/mol. The Bertz CT molecular complexity index is 1720. The van der Waals surface area contributed by atoms with Crippen molar-refractivity contribution in [2.75, 3.05) is 49.4 Å². The van der Waals surface area contributed by atoms with Crippen molar-refractivity contribution < 1.29 is 14.3 Å². The molecular formula is C30H32N10O3. The summed E-state index contributed by atoms with van der Waals surface area (Å²) in [5.41, 5.74) is 12.0. The van der Waals surface area contributed by atoms with Crippen molar-refractivity contribution in [3.8, 4) is 11.5 Å². The van der Waals surface area contributed by atoms with Gasteiger partial charge in [-0.1, -0.05) is 6.58 Å². The van der Waals surface area contributed by atoms with Crippen LogP contribution >= 0.6 is 0 Å². The van der Waals surface area contributed by atoms with Crippen molar-refractivity contribution in [2.24, 2.45) is 5.11 Å². The maximum Gasteiger partial charge on any atom is 0.252 e. The van der Waals surface area contributed by atoms with Gasteiger partial charge in [-0.2, -0.15) is 5.11 Å². The minimum Gasteiger partial charge on any atom is -0.457 e. The number of nitrogens with zero attached hydrogens (tertiary/aromatic N) is 7. The molecule has 2 bridgehead atoms. The van der Waals surface area contributed by atoms with Crippen LogP contribution in [0.4, 0.5) is 28.8 Å². The Kier molecular flexibility index (Phi) is 7.55. The van der Waals surface area contributed by atoms with E-state index >= 15 is 0 Å². The molecule has 1 amide bonds. The summed E-state index contributed by atoms with van der Waals surface area (Å²) in [6.07, 6.45) is 4.13. The van der Waals surface area contributed by atoms with E-state index in [1.165, 1.54) is 6.33 Å². The van der Waals surface area contributed by atoms with Gasteiger partial charge in [0.1, 0.15) is 34.5 Å². The molecule has 0 saturated carbocycles. The first-order valence-corrected chi connectivity index (χ1v) is 13.9. The number of aromatic nitrogens is 4. The first kappa shape index (κ1) is 28.0. The molecule has 3 N–H and O–H groups in total. The lowest BCUT2D eigenvalue weighted by molar-refractivity contribution is -0.142. The van der Waals surface area contributed by atoms with Crippen molar-refractivity contribution in [3.63, 3.8) is 0 Å². The van der Waals surface area contributed by atoms with Crippen molar-refractivity contribution in [1.82, 2.24) is 24.8 Å². The molecule has 5 heterocycles. The fraction of sp³-hybridized carbons (Fsp3) is 0.300. The van der Waals surface area contributed by atoms with Gasteiger partial charge < -0.3 is 29.9 Å². The smallest absolute Gasteiger partial charge is 0.252 e. The molecule has 2 unspecified atom stereocenters. The number of aryl methyl sites for hydroxylation is 1. The van der Waals surface area contributed by atoms with Crippen molar-refractivity contribution in [1.29, 1.82) is 5.53 Å². The Labute approximate surface area is 248 Å². The number of carbonyl (C=O) groups excluding carboxylic acids is 1. The molecule has 7 rings (SSSR count). The van der Waals surface area contributed by atoms with Crippen LogP contribution < -0.4 is 20.3 Å². The lowest BCUT2D eigenvalue weighted by atomic mass is 9.86. The molecule has 2 atom stereocenters. The van der Waals surface area contributed by atoms with Crippen LogP contribution in [0, 0.1) is 12.5 Å². The summed E-state index contributed by atoms with van der Waals surface area (Å²) in [6, 6.07) is 11.3. The second-order valence-corrected chi connectivity index (χ2v) is 10.6. The highest BCUT2D eigenvalue weighted by molar-refractivity contribution is 5.94. The Hall–Kier alpha value is -5.17. The molecule has 0 spiro atoms. The van der Waals surface area contributed by atoms with Crippen molar-refractivity contribution in [2.45, 2.75) is 25.4 Å². The molecule has 220 valence electrons. The maximum atomic E-state index is 12.8. The van der Waals surface area contributed by atoms with Crippen LogP contribution in [0.25, 0.3) is 11.0 Å². The van der Waals surface area contributed by atoms with E-state index in [4.69, 9.17) is 20.0 Å². The minimum atomic E-state index is -0.0476. The molecule has 0 radical (unpaired) electrons. The Balaban J connectivity index is 1.18. The van der Waals surface area contributed by atoms with E-state index in [2.05, 4.69) is 42.2 Å². The van der Waals surface area contributed by atoms with Gasteiger partial charge in [0.2, 0.25) is 5.95 Å². The number of ether oxygens (including phenoxy) is 2. The van der Waals surface area contributed by atoms with E-state index in [0.717, 1.165) is 23.4 Å². The number of piperazine rings is 1. The molecule has 3 saturated heterocycles. The third-order valence-electron chi connectivity index (χ3n) is 7.72. The number of methoxy groups -OCH3 is 1. The number of hydrogen-bond donors (Lipinski definition) is 3. The third kappa shape index (κ3) is 5.42. The highest BCUT2D eigenvalue weighted by Gasteiger charge is 2.48. The molecule has 3 aliphatic heterocycles. The number of amides is 1. The van der Waals surface area contributed by atoms with Gasteiger partial charge in [-0.15, -0.1) is 0 Å². The van der Waals surface area contributed by atoms with Gasteiger partial charge in [-0.05, 0) is 49.2 Å². The van der Waals surface area contributed by atoms with Crippen molar-refractivity contribution >= 4 is 45.8 Å². The largest absolute Gasteiger partial charge is 0.457 e. The van der Waals surface area contributed by atoms with Crippen LogP contribution in [0.3, 0.4) is 0 Å². The Morgan fingerprint density at radius 1 is 1.16 bits per heavy atom. The average Bonchev–Trinajstić information content (AvgIpc) is 3.02. The van der Waals surface area contributed by atoms with E-state index in [1.807, 2.05) is 42.2 Å². The molecule has 3 aliphatic rings. The van der Waals surface area contributed by atoms with Gasteiger partial charge in [-0.25, -0.2) is 25.5 Å². The number of anilines is 4. The van der Waals surface area contributed by atoms with Gasteiger partial charge in [0.25, 0.3) is 5.91 Å². The molecular weight excluding hydrogens is 548 g/mol. The highest BCUT2D eigenvalue weighted by Crippen LogP contribution is 2.36. The summed E-state index contributed by atoms with van der Waals surface area (Å²) >= 11 is 0. The number of rotatable bonds is 10. The van der Waals surface area contributed by atoms with Gasteiger partial charge in [0, 0.05) is 44.6 Å². The normalized spacial score (nSPS) is 17.3. The molecule has 43 heavy (non-hydrogen) atoms. The molecule has 0 aliphatic carbocycles. The quantitative estimate of drug-likeness (QED) is 0.173. The summed E-state index contributed by atoms with van der Waals surface area (Å²) in [7, 11) is 3.34. The number of carbonyl (C=O) groups is 1.